The highest BCUT2D eigenvalue weighted by Crippen LogP contribution is 2.27. The molecule has 1 saturated heterocycles. The molecule has 0 aliphatic carbocycles. The summed E-state index contributed by atoms with van der Waals surface area (Å²) in [5, 5.41) is 13.7. The van der Waals surface area contributed by atoms with Gasteiger partial charge in [-0.3, -0.25) is 4.79 Å². The van der Waals surface area contributed by atoms with Gasteiger partial charge in [-0.25, -0.2) is 13.1 Å². The molecule has 1 fully saturated rings. The van der Waals surface area contributed by atoms with Gasteiger partial charge in [-0.1, -0.05) is 11.6 Å². The Morgan fingerprint density at radius 1 is 1.16 bits per heavy atom. The molecule has 2 heterocycles. The van der Waals surface area contributed by atoms with Gasteiger partial charge >= 0.3 is 0 Å². The maximum absolute atomic E-state index is 12.8. The zero-order valence-corrected chi connectivity index (χ0v) is 18.3. The van der Waals surface area contributed by atoms with Crippen molar-refractivity contribution in [3.05, 3.63) is 53.8 Å². The molecule has 1 amide bonds. The minimum Gasteiger partial charge on any atom is -0.484 e. The first-order valence-electron chi connectivity index (χ1n) is 9.57. The molecule has 0 saturated carbocycles. The number of carbonyl (C=O) groups excluding carboxylic acids is 1. The number of sulfonamides is 1. The average molecular weight is 479 g/mol. The van der Waals surface area contributed by atoms with Crippen LogP contribution in [0.4, 0.5) is 5.69 Å². The number of halogens is 1. The van der Waals surface area contributed by atoms with E-state index in [4.69, 9.17) is 21.1 Å². The van der Waals surface area contributed by atoms with Crippen LogP contribution in [0.25, 0.3) is 5.69 Å². The van der Waals surface area contributed by atoms with E-state index in [-0.39, 0.29) is 35.3 Å². The average Bonchev–Trinajstić information content (AvgIpc) is 3.35. The van der Waals surface area contributed by atoms with Crippen LogP contribution in [-0.2, 0) is 19.6 Å². The summed E-state index contributed by atoms with van der Waals surface area (Å²) in [6.45, 7) is 0.926. The van der Waals surface area contributed by atoms with E-state index in [0.29, 0.717) is 19.0 Å². The first-order chi connectivity index (χ1) is 15.4. The third kappa shape index (κ3) is 5.05. The summed E-state index contributed by atoms with van der Waals surface area (Å²) in [4.78, 5) is 12.4. The Hall–Kier alpha value is -3.06. The van der Waals surface area contributed by atoms with Gasteiger partial charge in [0.15, 0.2) is 6.61 Å². The lowest BCUT2D eigenvalue weighted by Gasteiger charge is -2.26. The first kappa shape index (κ1) is 22.1. The molecule has 4 rings (SSSR count). The van der Waals surface area contributed by atoms with Crippen LogP contribution in [0.1, 0.15) is 0 Å². The lowest BCUT2D eigenvalue weighted by molar-refractivity contribution is -0.118. The normalized spacial score (nSPS) is 14.8. The van der Waals surface area contributed by atoms with E-state index in [9.17, 15) is 13.2 Å². The smallest absolute Gasteiger partial charge is 0.262 e. The zero-order valence-electron chi connectivity index (χ0n) is 16.7. The van der Waals surface area contributed by atoms with Gasteiger partial charge in [-0.15, -0.1) is 5.10 Å². The number of benzene rings is 2. The third-order valence-electron chi connectivity index (χ3n) is 4.64. The van der Waals surface area contributed by atoms with Crippen molar-refractivity contribution in [3.8, 4) is 11.4 Å². The fourth-order valence-corrected chi connectivity index (χ4v) is 4.61. The third-order valence-corrected chi connectivity index (χ3v) is 6.86. The van der Waals surface area contributed by atoms with Crippen LogP contribution in [0.15, 0.2) is 53.7 Å². The van der Waals surface area contributed by atoms with E-state index >= 15 is 0 Å². The van der Waals surface area contributed by atoms with Crippen LogP contribution >= 0.6 is 11.6 Å². The molecule has 0 radical (unpaired) electrons. The van der Waals surface area contributed by atoms with Crippen molar-refractivity contribution in [2.75, 3.05) is 38.2 Å². The second-order valence-corrected chi connectivity index (χ2v) is 9.09. The van der Waals surface area contributed by atoms with Crippen molar-refractivity contribution in [3.63, 3.8) is 0 Å². The quantitative estimate of drug-likeness (QED) is 0.539. The number of hydrogen-bond donors (Lipinski definition) is 1. The van der Waals surface area contributed by atoms with Crippen molar-refractivity contribution < 1.29 is 22.7 Å². The predicted molar refractivity (Wildman–Crippen MR) is 114 cm³/mol. The van der Waals surface area contributed by atoms with E-state index in [1.165, 1.54) is 33.5 Å². The molecule has 11 nitrogen and oxygen atoms in total. The standard InChI is InChI=1S/C19H19ClN6O5S/c20-17-6-5-16(32(28,29)25-7-9-30-10-8-25)11-18(17)22-19(27)12-31-15-3-1-14(2-4-15)26-13-21-23-24-26/h1-6,11,13H,7-10,12H2,(H,22,27). The van der Waals surface area contributed by atoms with E-state index in [1.807, 2.05) is 0 Å². The molecule has 1 aliphatic rings. The number of ether oxygens (including phenoxy) is 2. The molecule has 1 N–H and O–H groups in total. The van der Waals surface area contributed by atoms with Gasteiger partial charge in [0.2, 0.25) is 10.0 Å². The highest BCUT2D eigenvalue weighted by molar-refractivity contribution is 7.89. The Morgan fingerprint density at radius 3 is 2.59 bits per heavy atom. The number of aromatic nitrogens is 4. The molecule has 2 aromatic carbocycles. The highest BCUT2D eigenvalue weighted by atomic mass is 35.5. The molecule has 32 heavy (non-hydrogen) atoms. The largest absolute Gasteiger partial charge is 0.484 e. The van der Waals surface area contributed by atoms with E-state index in [2.05, 4.69) is 20.8 Å². The summed E-state index contributed by atoms with van der Waals surface area (Å²) in [6.07, 6.45) is 1.46. The summed E-state index contributed by atoms with van der Waals surface area (Å²) >= 11 is 6.16. The summed E-state index contributed by atoms with van der Waals surface area (Å²) in [5.41, 5.74) is 0.917. The van der Waals surface area contributed by atoms with Crippen LogP contribution < -0.4 is 10.1 Å². The van der Waals surface area contributed by atoms with E-state index < -0.39 is 15.9 Å². The number of nitrogens with zero attached hydrogens (tertiary/aromatic N) is 5. The molecule has 0 bridgehead atoms. The predicted octanol–water partition coefficient (Wildman–Crippen LogP) is 1.35. The Labute approximate surface area is 188 Å². The maximum atomic E-state index is 12.8. The number of hydrogen-bond acceptors (Lipinski definition) is 8. The van der Waals surface area contributed by atoms with Crippen LogP contribution in [0, 0.1) is 0 Å². The summed E-state index contributed by atoms with van der Waals surface area (Å²) in [7, 11) is -3.72. The molecule has 3 aromatic rings. The fraction of sp³-hybridized carbons (Fsp3) is 0.263. The molecule has 0 unspecified atom stereocenters. The lowest BCUT2D eigenvalue weighted by atomic mass is 10.3. The Kier molecular flexibility index (Phi) is 6.65. The SMILES string of the molecule is O=C(COc1ccc(-n2cnnn2)cc1)Nc1cc(S(=O)(=O)N2CCOCC2)ccc1Cl. The second kappa shape index (κ2) is 9.61. The number of amides is 1. The van der Waals surface area contributed by atoms with Gasteiger partial charge in [0.05, 0.1) is 34.5 Å². The van der Waals surface area contributed by atoms with Crippen molar-refractivity contribution in [1.29, 1.82) is 0 Å². The minimum absolute atomic E-state index is 0.0400. The first-order valence-corrected chi connectivity index (χ1v) is 11.4. The monoisotopic (exact) mass is 478 g/mol. The molecular formula is C19H19ClN6O5S. The highest BCUT2D eigenvalue weighted by Gasteiger charge is 2.27. The van der Waals surface area contributed by atoms with Gasteiger partial charge in [0.1, 0.15) is 12.1 Å². The Morgan fingerprint density at radius 2 is 1.91 bits per heavy atom. The van der Waals surface area contributed by atoms with Gasteiger partial charge in [-0.2, -0.15) is 4.31 Å². The topological polar surface area (TPSA) is 129 Å². The van der Waals surface area contributed by atoms with E-state index in [0.717, 1.165) is 5.69 Å². The maximum Gasteiger partial charge on any atom is 0.262 e. The molecule has 0 atom stereocenters. The fourth-order valence-electron chi connectivity index (χ4n) is 3.01. The number of tetrazole rings is 1. The molecular weight excluding hydrogens is 460 g/mol. The van der Waals surface area contributed by atoms with Crippen LogP contribution in [0.3, 0.4) is 0 Å². The second-order valence-electron chi connectivity index (χ2n) is 6.74. The summed E-state index contributed by atoms with van der Waals surface area (Å²) in [6, 6.07) is 11.0. The molecule has 168 valence electrons. The van der Waals surface area contributed by atoms with Crippen molar-refractivity contribution >= 4 is 33.2 Å². The summed E-state index contributed by atoms with van der Waals surface area (Å²) in [5.74, 6) is -0.0240. The van der Waals surface area contributed by atoms with Gasteiger partial charge in [0, 0.05) is 13.1 Å². The Balaban J connectivity index is 1.39. The minimum atomic E-state index is -3.72. The van der Waals surface area contributed by atoms with Crippen LogP contribution in [0.5, 0.6) is 5.75 Å². The molecule has 0 spiro atoms. The Bertz CT molecular complexity index is 1180. The number of anilines is 1. The van der Waals surface area contributed by atoms with E-state index in [1.54, 1.807) is 24.3 Å². The van der Waals surface area contributed by atoms with Crippen LogP contribution in [-0.4, -0.2) is 71.7 Å². The van der Waals surface area contributed by atoms with Crippen LogP contribution in [0.2, 0.25) is 5.02 Å². The molecule has 1 aliphatic heterocycles. The van der Waals surface area contributed by atoms with Crippen molar-refractivity contribution in [2.24, 2.45) is 0 Å². The lowest BCUT2D eigenvalue weighted by Crippen LogP contribution is -2.40. The number of nitrogens with one attached hydrogen (secondary N) is 1. The molecule has 13 heteroatoms. The van der Waals surface area contributed by atoms with Gasteiger partial charge in [-0.05, 0) is 52.9 Å². The number of carbonyl (C=O) groups is 1. The van der Waals surface area contributed by atoms with Gasteiger partial charge < -0.3 is 14.8 Å². The van der Waals surface area contributed by atoms with Crippen molar-refractivity contribution in [1.82, 2.24) is 24.5 Å². The summed E-state index contributed by atoms with van der Waals surface area (Å²) < 4.78 is 39.2. The van der Waals surface area contributed by atoms with Gasteiger partial charge in [0.25, 0.3) is 5.91 Å². The number of morpholine rings is 1. The van der Waals surface area contributed by atoms with Crippen molar-refractivity contribution in [2.45, 2.75) is 4.90 Å². The number of rotatable bonds is 7. The molecule has 1 aromatic heterocycles. The zero-order chi connectivity index (χ0) is 22.6.